The van der Waals surface area contributed by atoms with Crippen LogP contribution in [0.4, 0.5) is 10.5 Å². The van der Waals surface area contributed by atoms with Gasteiger partial charge in [-0.25, -0.2) is 4.79 Å². The number of hydrogen-bond donors (Lipinski definition) is 4. The zero-order valence-electron chi connectivity index (χ0n) is 15.4. The van der Waals surface area contributed by atoms with Gasteiger partial charge in [0.05, 0.1) is 6.54 Å². The second-order valence-corrected chi connectivity index (χ2v) is 6.26. The number of amides is 4. The van der Waals surface area contributed by atoms with Crippen LogP contribution in [0, 0.1) is 13.8 Å². The van der Waals surface area contributed by atoms with Crippen molar-refractivity contribution in [1.82, 2.24) is 10.6 Å². The Hall–Kier alpha value is -3.35. The molecule has 1 atom stereocenters. The lowest BCUT2D eigenvalue weighted by Crippen LogP contribution is -2.51. The number of aryl methyl sites for hydroxylation is 1. The van der Waals surface area contributed by atoms with Crippen molar-refractivity contribution in [2.45, 2.75) is 26.3 Å². The molecule has 7 heteroatoms. The van der Waals surface area contributed by atoms with Gasteiger partial charge in [0.25, 0.3) is 0 Å². The molecule has 2 aromatic carbocycles. The zero-order chi connectivity index (χ0) is 19.8. The van der Waals surface area contributed by atoms with Crippen LogP contribution in [0.25, 0.3) is 0 Å². The summed E-state index contributed by atoms with van der Waals surface area (Å²) >= 11 is 0. The maximum Gasteiger partial charge on any atom is 0.312 e. The summed E-state index contributed by atoms with van der Waals surface area (Å²) in [4.78, 5) is 35.8. The molecule has 142 valence electrons. The summed E-state index contributed by atoms with van der Waals surface area (Å²) in [5.41, 5.74) is 8.76. The summed E-state index contributed by atoms with van der Waals surface area (Å²) in [5.74, 6) is -0.830. The van der Waals surface area contributed by atoms with Crippen LogP contribution in [0.3, 0.4) is 0 Å². The number of benzene rings is 2. The van der Waals surface area contributed by atoms with Gasteiger partial charge in [0, 0.05) is 12.1 Å². The van der Waals surface area contributed by atoms with Crippen molar-refractivity contribution >= 4 is 23.5 Å². The third kappa shape index (κ3) is 6.14. The highest BCUT2D eigenvalue weighted by molar-refractivity contribution is 5.96. The lowest BCUT2D eigenvalue weighted by atomic mass is 10.1. The van der Waals surface area contributed by atoms with Crippen molar-refractivity contribution in [2.24, 2.45) is 5.73 Å². The molecule has 5 N–H and O–H groups in total. The van der Waals surface area contributed by atoms with E-state index in [0.29, 0.717) is 5.69 Å². The van der Waals surface area contributed by atoms with E-state index in [1.54, 1.807) is 6.07 Å². The van der Waals surface area contributed by atoms with Crippen LogP contribution < -0.4 is 21.7 Å². The number of hydrogen-bond acceptors (Lipinski definition) is 3. The van der Waals surface area contributed by atoms with Gasteiger partial charge in [-0.05, 0) is 36.6 Å². The third-order valence-corrected chi connectivity index (χ3v) is 4.22. The molecule has 0 fully saturated rings. The molecule has 4 amide bonds. The van der Waals surface area contributed by atoms with E-state index in [4.69, 9.17) is 5.73 Å². The van der Waals surface area contributed by atoms with Crippen LogP contribution in [0.5, 0.6) is 0 Å². The van der Waals surface area contributed by atoms with E-state index >= 15 is 0 Å². The Morgan fingerprint density at radius 2 is 1.70 bits per heavy atom. The van der Waals surface area contributed by atoms with Crippen LogP contribution in [-0.2, 0) is 16.0 Å². The fraction of sp³-hybridized carbons (Fsp3) is 0.250. The second-order valence-electron chi connectivity index (χ2n) is 6.26. The topological polar surface area (TPSA) is 113 Å². The molecule has 0 heterocycles. The number of anilines is 1. The van der Waals surface area contributed by atoms with Crippen molar-refractivity contribution in [1.29, 1.82) is 0 Å². The summed E-state index contributed by atoms with van der Waals surface area (Å²) in [5, 5.41) is 7.72. The molecule has 0 saturated carbocycles. The van der Waals surface area contributed by atoms with E-state index in [1.165, 1.54) is 0 Å². The number of nitrogens with two attached hydrogens (primary N) is 1. The molecule has 2 rings (SSSR count). The smallest absolute Gasteiger partial charge is 0.312 e. The first-order valence-electron chi connectivity index (χ1n) is 8.60. The number of rotatable bonds is 7. The Morgan fingerprint density at radius 1 is 1.00 bits per heavy atom. The van der Waals surface area contributed by atoms with Crippen molar-refractivity contribution in [3.8, 4) is 0 Å². The fourth-order valence-electron chi connectivity index (χ4n) is 2.60. The van der Waals surface area contributed by atoms with Gasteiger partial charge in [0.2, 0.25) is 11.8 Å². The normalized spacial score (nSPS) is 11.3. The number of urea groups is 1. The summed E-state index contributed by atoms with van der Waals surface area (Å²) in [7, 11) is 0. The molecular formula is C20H24N4O3. The zero-order valence-corrected chi connectivity index (χ0v) is 15.4. The summed E-state index contributed by atoms with van der Waals surface area (Å²) in [6, 6.07) is 13.2. The van der Waals surface area contributed by atoms with Gasteiger partial charge in [-0.3, -0.25) is 9.59 Å². The predicted molar refractivity (Wildman–Crippen MR) is 104 cm³/mol. The summed E-state index contributed by atoms with van der Waals surface area (Å²) in [6.07, 6.45) is 0.272. The highest BCUT2D eigenvalue weighted by Gasteiger charge is 2.21. The van der Waals surface area contributed by atoms with Crippen LogP contribution in [0.1, 0.15) is 16.7 Å². The first-order chi connectivity index (χ1) is 12.9. The molecule has 0 saturated heterocycles. The number of carbonyl (C=O) groups excluding carboxylic acids is 3. The molecule has 0 radical (unpaired) electrons. The maximum atomic E-state index is 12.4. The molecule has 0 aliphatic heterocycles. The van der Waals surface area contributed by atoms with E-state index in [1.807, 2.05) is 56.3 Å². The molecule has 0 aliphatic carbocycles. The van der Waals surface area contributed by atoms with Gasteiger partial charge in [-0.15, -0.1) is 0 Å². The third-order valence-electron chi connectivity index (χ3n) is 4.22. The molecule has 0 spiro atoms. The molecule has 1 unspecified atom stereocenters. The Bertz CT molecular complexity index is 821. The van der Waals surface area contributed by atoms with Crippen molar-refractivity contribution < 1.29 is 14.4 Å². The number of primary amides is 1. The van der Waals surface area contributed by atoms with Crippen LogP contribution in [-0.4, -0.2) is 30.4 Å². The fourth-order valence-corrected chi connectivity index (χ4v) is 2.60. The molecule has 2 aromatic rings. The first kappa shape index (κ1) is 20.0. The lowest BCUT2D eigenvalue weighted by Gasteiger charge is -2.17. The minimum Gasteiger partial charge on any atom is -0.352 e. The van der Waals surface area contributed by atoms with Gasteiger partial charge in [-0.1, -0.05) is 42.5 Å². The summed E-state index contributed by atoms with van der Waals surface area (Å²) in [6.45, 7) is 3.66. The average molecular weight is 368 g/mol. The molecule has 27 heavy (non-hydrogen) atoms. The minimum absolute atomic E-state index is 0.210. The highest BCUT2D eigenvalue weighted by Crippen LogP contribution is 2.17. The molecular weight excluding hydrogens is 344 g/mol. The van der Waals surface area contributed by atoms with Gasteiger partial charge >= 0.3 is 6.03 Å². The highest BCUT2D eigenvalue weighted by atomic mass is 16.2. The minimum atomic E-state index is -0.863. The van der Waals surface area contributed by atoms with Crippen LogP contribution in [0.15, 0.2) is 48.5 Å². The van der Waals surface area contributed by atoms with E-state index in [2.05, 4.69) is 16.0 Å². The van der Waals surface area contributed by atoms with E-state index < -0.39 is 18.0 Å². The first-order valence-corrected chi connectivity index (χ1v) is 8.60. The molecule has 0 aliphatic rings. The van der Waals surface area contributed by atoms with E-state index in [9.17, 15) is 14.4 Å². The largest absolute Gasteiger partial charge is 0.352 e. The quantitative estimate of drug-likeness (QED) is 0.596. The Kier molecular flexibility index (Phi) is 6.93. The summed E-state index contributed by atoms with van der Waals surface area (Å²) < 4.78 is 0. The molecule has 7 nitrogen and oxygen atoms in total. The van der Waals surface area contributed by atoms with Crippen LogP contribution in [0.2, 0.25) is 0 Å². The predicted octanol–water partition coefficient (Wildman–Crippen LogP) is 1.64. The van der Waals surface area contributed by atoms with Crippen LogP contribution >= 0.6 is 0 Å². The molecule has 0 bridgehead atoms. The second kappa shape index (κ2) is 9.38. The molecule has 0 aromatic heterocycles. The van der Waals surface area contributed by atoms with Crippen molar-refractivity contribution in [3.63, 3.8) is 0 Å². The SMILES string of the molecule is Cc1cccc(NC(=O)CNC(=O)C(Cc2ccccc2)NC(N)=O)c1C. The van der Waals surface area contributed by atoms with Crippen molar-refractivity contribution in [2.75, 3.05) is 11.9 Å². The standard InChI is InChI=1S/C20H24N4O3/c1-13-7-6-10-16(14(13)2)23-18(25)12-22-19(26)17(24-20(21)27)11-15-8-4-3-5-9-15/h3-10,17H,11-12H2,1-2H3,(H,22,26)(H,23,25)(H3,21,24,27). The Labute approximate surface area is 158 Å². The lowest BCUT2D eigenvalue weighted by molar-refractivity contribution is -0.125. The average Bonchev–Trinajstić information content (AvgIpc) is 2.63. The van der Waals surface area contributed by atoms with Gasteiger partial charge in [-0.2, -0.15) is 0 Å². The maximum absolute atomic E-state index is 12.4. The number of nitrogens with one attached hydrogen (secondary N) is 3. The van der Waals surface area contributed by atoms with E-state index in [-0.39, 0.29) is 18.9 Å². The number of carbonyl (C=O) groups is 3. The van der Waals surface area contributed by atoms with Gasteiger partial charge in [0.1, 0.15) is 6.04 Å². The van der Waals surface area contributed by atoms with Gasteiger partial charge < -0.3 is 21.7 Å². The Morgan fingerprint density at radius 3 is 2.37 bits per heavy atom. The monoisotopic (exact) mass is 368 g/mol. The van der Waals surface area contributed by atoms with E-state index in [0.717, 1.165) is 16.7 Å². The van der Waals surface area contributed by atoms with Crippen molar-refractivity contribution in [3.05, 3.63) is 65.2 Å². The van der Waals surface area contributed by atoms with Gasteiger partial charge in [0.15, 0.2) is 0 Å². The Balaban J connectivity index is 1.94.